The van der Waals surface area contributed by atoms with Gasteiger partial charge in [0.25, 0.3) is 0 Å². The third-order valence-electron chi connectivity index (χ3n) is 2.68. The molecule has 0 fully saturated rings. The molecule has 0 radical (unpaired) electrons. The first-order valence-electron chi connectivity index (χ1n) is 5.79. The molecule has 0 spiro atoms. The molecule has 1 unspecified atom stereocenters. The molecular weight excluding hydrogens is 205 g/mol. The van der Waals surface area contributed by atoms with Crippen LogP contribution in [0.2, 0.25) is 0 Å². The zero-order valence-corrected chi connectivity index (χ0v) is 9.96. The van der Waals surface area contributed by atoms with Gasteiger partial charge in [0.15, 0.2) is 0 Å². The summed E-state index contributed by atoms with van der Waals surface area (Å²) in [4.78, 5) is 0. The fourth-order valence-electron chi connectivity index (χ4n) is 1.80. The third-order valence-corrected chi connectivity index (χ3v) is 2.68. The molecule has 0 saturated carbocycles. The van der Waals surface area contributed by atoms with Crippen molar-refractivity contribution in [2.45, 2.75) is 32.7 Å². The maximum absolute atomic E-state index is 13.2. The van der Waals surface area contributed by atoms with E-state index in [0.717, 1.165) is 24.1 Å². The highest BCUT2D eigenvalue weighted by Gasteiger charge is 2.13. The predicted molar refractivity (Wildman–Crippen MR) is 63.9 cm³/mol. The maximum Gasteiger partial charge on any atom is 0.123 e. The zero-order valence-electron chi connectivity index (χ0n) is 9.96. The second-order valence-electron chi connectivity index (χ2n) is 4.02. The van der Waals surface area contributed by atoms with E-state index in [1.807, 2.05) is 6.92 Å². The molecule has 1 aromatic rings. The van der Waals surface area contributed by atoms with Crippen LogP contribution in [0.4, 0.5) is 4.39 Å². The summed E-state index contributed by atoms with van der Waals surface area (Å²) in [6.07, 6.45) is 1.64. The fraction of sp³-hybridized carbons (Fsp3) is 0.538. The summed E-state index contributed by atoms with van der Waals surface area (Å²) in [7, 11) is 0. The number of rotatable bonds is 6. The van der Waals surface area contributed by atoms with Gasteiger partial charge < -0.3 is 10.4 Å². The summed E-state index contributed by atoms with van der Waals surface area (Å²) in [6.45, 7) is 5.03. The Labute approximate surface area is 96.5 Å². The number of hydrogen-bond donors (Lipinski definition) is 2. The number of nitrogens with one attached hydrogen (secondary N) is 1. The molecule has 0 aliphatic carbocycles. The lowest BCUT2D eigenvalue weighted by Gasteiger charge is -2.20. The molecule has 0 aromatic heterocycles. The average Bonchev–Trinajstić information content (AvgIpc) is 2.28. The molecule has 1 atom stereocenters. The van der Waals surface area contributed by atoms with Crippen molar-refractivity contribution in [2.24, 2.45) is 0 Å². The molecule has 16 heavy (non-hydrogen) atoms. The van der Waals surface area contributed by atoms with E-state index in [2.05, 4.69) is 12.2 Å². The number of benzene rings is 1. The molecule has 3 heteroatoms. The number of halogens is 1. The first-order valence-corrected chi connectivity index (χ1v) is 5.79. The summed E-state index contributed by atoms with van der Waals surface area (Å²) in [5, 5.41) is 12.4. The Morgan fingerprint density at radius 3 is 2.81 bits per heavy atom. The summed E-state index contributed by atoms with van der Waals surface area (Å²) in [5.41, 5.74) is 2.01. The summed E-state index contributed by atoms with van der Waals surface area (Å²) in [5.74, 6) is -0.221. The van der Waals surface area contributed by atoms with Gasteiger partial charge in [0.05, 0.1) is 0 Å². The smallest absolute Gasteiger partial charge is 0.123 e. The van der Waals surface area contributed by atoms with Crippen molar-refractivity contribution in [3.63, 3.8) is 0 Å². The van der Waals surface area contributed by atoms with Gasteiger partial charge in [-0.3, -0.25) is 0 Å². The highest BCUT2D eigenvalue weighted by molar-refractivity contribution is 5.29. The molecule has 0 aliphatic heterocycles. The molecule has 0 heterocycles. The van der Waals surface area contributed by atoms with Crippen molar-refractivity contribution in [3.8, 4) is 0 Å². The van der Waals surface area contributed by atoms with Crippen molar-refractivity contribution in [2.75, 3.05) is 13.2 Å². The normalized spacial score (nSPS) is 12.8. The minimum Gasteiger partial charge on any atom is -0.396 e. The van der Waals surface area contributed by atoms with E-state index in [0.29, 0.717) is 6.42 Å². The van der Waals surface area contributed by atoms with E-state index < -0.39 is 0 Å². The van der Waals surface area contributed by atoms with Crippen LogP contribution in [0.15, 0.2) is 18.2 Å². The largest absolute Gasteiger partial charge is 0.396 e. The van der Waals surface area contributed by atoms with Gasteiger partial charge in [-0.15, -0.1) is 0 Å². The number of aliphatic hydroxyl groups is 1. The summed E-state index contributed by atoms with van der Waals surface area (Å²) < 4.78 is 13.2. The molecule has 90 valence electrons. The van der Waals surface area contributed by atoms with E-state index in [9.17, 15) is 4.39 Å². The van der Waals surface area contributed by atoms with Gasteiger partial charge >= 0.3 is 0 Å². The van der Waals surface area contributed by atoms with Gasteiger partial charge in [-0.2, -0.15) is 0 Å². The van der Waals surface area contributed by atoms with Crippen molar-refractivity contribution in [1.29, 1.82) is 0 Å². The Bertz CT molecular complexity index is 328. The van der Waals surface area contributed by atoms with Crippen molar-refractivity contribution < 1.29 is 9.50 Å². The Balaban J connectivity index is 2.85. The standard InChI is InChI=1S/C13H20FNO/c1-3-7-15-13(6-8-16)12-9-11(14)5-4-10(12)2/h4-5,9,13,15-16H,3,6-8H2,1-2H3. The van der Waals surface area contributed by atoms with E-state index >= 15 is 0 Å². The summed E-state index contributed by atoms with van der Waals surface area (Å²) in [6, 6.07) is 4.84. The molecular formula is C13H20FNO. The average molecular weight is 225 g/mol. The molecule has 0 bridgehead atoms. The minimum atomic E-state index is -0.221. The van der Waals surface area contributed by atoms with E-state index in [4.69, 9.17) is 5.11 Å². The van der Waals surface area contributed by atoms with Gasteiger partial charge in [0.1, 0.15) is 5.82 Å². The molecule has 0 saturated heterocycles. The Kier molecular flexibility index (Phi) is 5.43. The molecule has 0 amide bonds. The predicted octanol–water partition coefficient (Wildman–Crippen LogP) is 2.56. The lowest BCUT2D eigenvalue weighted by molar-refractivity contribution is 0.265. The topological polar surface area (TPSA) is 32.3 Å². The fourth-order valence-corrected chi connectivity index (χ4v) is 1.80. The van der Waals surface area contributed by atoms with Gasteiger partial charge in [-0.05, 0) is 49.6 Å². The molecule has 2 N–H and O–H groups in total. The number of aliphatic hydroxyl groups excluding tert-OH is 1. The Morgan fingerprint density at radius 2 is 2.19 bits per heavy atom. The maximum atomic E-state index is 13.2. The molecule has 0 aliphatic rings. The van der Waals surface area contributed by atoms with Crippen molar-refractivity contribution in [3.05, 3.63) is 35.1 Å². The monoisotopic (exact) mass is 225 g/mol. The Morgan fingerprint density at radius 1 is 1.44 bits per heavy atom. The van der Waals surface area contributed by atoms with Crippen molar-refractivity contribution >= 4 is 0 Å². The SMILES string of the molecule is CCCNC(CCO)c1cc(F)ccc1C. The van der Waals surface area contributed by atoms with Crippen LogP contribution < -0.4 is 5.32 Å². The van der Waals surface area contributed by atoms with E-state index in [1.54, 1.807) is 12.1 Å². The highest BCUT2D eigenvalue weighted by Crippen LogP contribution is 2.21. The van der Waals surface area contributed by atoms with Gasteiger partial charge in [0.2, 0.25) is 0 Å². The van der Waals surface area contributed by atoms with Gasteiger partial charge in [0, 0.05) is 12.6 Å². The second kappa shape index (κ2) is 6.61. The number of hydrogen-bond acceptors (Lipinski definition) is 2. The molecule has 1 aromatic carbocycles. The van der Waals surface area contributed by atoms with E-state index in [1.165, 1.54) is 6.07 Å². The zero-order chi connectivity index (χ0) is 12.0. The molecule has 2 nitrogen and oxygen atoms in total. The lowest BCUT2D eigenvalue weighted by atomic mass is 9.98. The lowest BCUT2D eigenvalue weighted by Crippen LogP contribution is -2.24. The van der Waals surface area contributed by atoms with Crippen LogP contribution >= 0.6 is 0 Å². The number of aryl methyl sites for hydroxylation is 1. The van der Waals surface area contributed by atoms with Crippen LogP contribution in [0.5, 0.6) is 0 Å². The highest BCUT2D eigenvalue weighted by atomic mass is 19.1. The van der Waals surface area contributed by atoms with Crippen LogP contribution in [0.3, 0.4) is 0 Å². The summed E-state index contributed by atoms with van der Waals surface area (Å²) >= 11 is 0. The minimum absolute atomic E-state index is 0.0423. The Hall–Kier alpha value is -0.930. The third kappa shape index (κ3) is 3.58. The quantitative estimate of drug-likeness (QED) is 0.780. The van der Waals surface area contributed by atoms with Crippen LogP contribution in [-0.4, -0.2) is 18.3 Å². The second-order valence-corrected chi connectivity index (χ2v) is 4.02. The molecule has 1 rings (SSSR count). The van der Waals surface area contributed by atoms with Crippen LogP contribution in [0.25, 0.3) is 0 Å². The van der Waals surface area contributed by atoms with E-state index in [-0.39, 0.29) is 18.5 Å². The van der Waals surface area contributed by atoms with Gasteiger partial charge in [-0.1, -0.05) is 13.0 Å². The van der Waals surface area contributed by atoms with Crippen LogP contribution in [-0.2, 0) is 0 Å². The van der Waals surface area contributed by atoms with Gasteiger partial charge in [-0.25, -0.2) is 4.39 Å². The van der Waals surface area contributed by atoms with Crippen LogP contribution in [0, 0.1) is 12.7 Å². The first kappa shape index (κ1) is 13.1. The first-order chi connectivity index (χ1) is 7.69. The van der Waals surface area contributed by atoms with Crippen LogP contribution in [0.1, 0.15) is 36.9 Å². The van der Waals surface area contributed by atoms with Crippen molar-refractivity contribution in [1.82, 2.24) is 5.32 Å².